The first-order valence-corrected chi connectivity index (χ1v) is 9.37. The maximum Gasteiger partial charge on any atom is 0.416 e. The molecule has 0 aliphatic carbocycles. The molecular formula is C24H18F3NO3. The highest BCUT2D eigenvalue weighted by Crippen LogP contribution is 2.34. The maximum atomic E-state index is 13.2. The molecule has 1 aromatic heterocycles. The molecule has 0 aliphatic heterocycles. The van der Waals surface area contributed by atoms with Crippen LogP contribution in [0.2, 0.25) is 0 Å². The van der Waals surface area contributed by atoms with E-state index in [0.717, 1.165) is 12.1 Å². The second kappa shape index (κ2) is 7.83. The molecule has 1 heterocycles. The Morgan fingerprint density at radius 1 is 0.774 bits per heavy atom. The SMILES string of the molecule is COc1ccc(-n2cc(-c3ccc(C(F)(F)F)cc3)c3cc(OC)ccc3c2=O)cc1. The van der Waals surface area contributed by atoms with Crippen molar-refractivity contribution in [1.82, 2.24) is 4.57 Å². The van der Waals surface area contributed by atoms with Crippen molar-refractivity contribution >= 4 is 10.8 Å². The van der Waals surface area contributed by atoms with Gasteiger partial charge in [0, 0.05) is 28.2 Å². The van der Waals surface area contributed by atoms with Crippen molar-refractivity contribution in [2.24, 2.45) is 0 Å². The molecule has 4 rings (SSSR count). The molecule has 0 saturated carbocycles. The molecule has 0 aliphatic rings. The topological polar surface area (TPSA) is 40.5 Å². The summed E-state index contributed by atoms with van der Waals surface area (Å²) in [4.78, 5) is 13.2. The van der Waals surface area contributed by atoms with Crippen LogP contribution in [0, 0.1) is 0 Å². The average molecular weight is 425 g/mol. The van der Waals surface area contributed by atoms with E-state index in [-0.39, 0.29) is 5.56 Å². The standard InChI is InChI=1S/C24H18F3NO3/c1-30-18-9-7-17(8-10-18)28-14-22(15-3-5-16(6-4-15)24(25,26)27)21-13-19(31-2)11-12-20(21)23(28)29/h3-14H,1-2H3. The van der Waals surface area contributed by atoms with Crippen LogP contribution in [-0.2, 0) is 6.18 Å². The summed E-state index contributed by atoms with van der Waals surface area (Å²) >= 11 is 0. The van der Waals surface area contributed by atoms with Crippen molar-refractivity contribution in [3.8, 4) is 28.3 Å². The Labute approximate surface area is 176 Å². The first kappa shape index (κ1) is 20.5. The zero-order valence-electron chi connectivity index (χ0n) is 16.7. The van der Waals surface area contributed by atoms with Gasteiger partial charge in [0.25, 0.3) is 5.56 Å². The molecule has 4 nitrogen and oxygen atoms in total. The molecule has 0 saturated heterocycles. The third-order valence-corrected chi connectivity index (χ3v) is 5.10. The average Bonchev–Trinajstić information content (AvgIpc) is 2.79. The number of alkyl halides is 3. The van der Waals surface area contributed by atoms with Crippen LogP contribution < -0.4 is 15.0 Å². The zero-order chi connectivity index (χ0) is 22.2. The Hall–Kier alpha value is -3.74. The molecule has 0 N–H and O–H groups in total. The summed E-state index contributed by atoms with van der Waals surface area (Å²) in [7, 11) is 3.06. The van der Waals surface area contributed by atoms with Gasteiger partial charge >= 0.3 is 6.18 Å². The number of ether oxygens (including phenoxy) is 2. The normalized spacial score (nSPS) is 11.5. The quantitative estimate of drug-likeness (QED) is 0.422. The van der Waals surface area contributed by atoms with E-state index in [4.69, 9.17) is 9.47 Å². The number of hydrogen-bond acceptors (Lipinski definition) is 3. The van der Waals surface area contributed by atoms with Gasteiger partial charge in [-0.1, -0.05) is 12.1 Å². The molecule has 158 valence electrons. The van der Waals surface area contributed by atoms with Gasteiger partial charge in [-0.05, 0) is 60.2 Å². The van der Waals surface area contributed by atoms with Gasteiger partial charge in [-0.15, -0.1) is 0 Å². The third-order valence-electron chi connectivity index (χ3n) is 5.10. The Morgan fingerprint density at radius 2 is 1.39 bits per heavy atom. The van der Waals surface area contributed by atoms with Crippen molar-refractivity contribution in [1.29, 1.82) is 0 Å². The number of aromatic nitrogens is 1. The molecule has 31 heavy (non-hydrogen) atoms. The van der Waals surface area contributed by atoms with Gasteiger partial charge < -0.3 is 9.47 Å². The van der Waals surface area contributed by atoms with E-state index in [2.05, 4.69) is 0 Å². The maximum absolute atomic E-state index is 13.2. The van der Waals surface area contributed by atoms with Crippen LogP contribution in [0.25, 0.3) is 27.6 Å². The van der Waals surface area contributed by atoms with E-state index in [9.17, 15) is 18.0 Å². The number of halogens is 3. The lowest BCUT2D eigenvalue weighted by atomic mass is 9.99. The summed E-state index contributed by atoms with van der Waals surface area (Å²) < 4.78 is 50.9. The van der Waals surface area contributed by atoms with Crippen LogP contribution in [0.15, 0.2) is 77.7 Å². The number of fused-ring (bicyclic) bond motifs is 1. The van der Waals surface area contributed by atoms with E-state index in [1.165, 1.54) is 23.8 Å². The minimum atomic E-state index is -4.42. The van der Waals surface area contributed by atoms with Crippen molar-refractivity contribution in [3.63, 3.8) is 0 Å². The van der Waals surface area contributed by atoms with Crippen LogP contribution in [0.1, 0.15) is 5.56 Å². The van der Waals surface area contributed by atoms with Gasteiger partial charge in [0.05, 0.1) is 19.8 Å². The predicted octanol–water partition coefficient (Wildman–Crippen LogP) is 5.69. The van der Waals surface area contributed by atoms with Gasteiger partial charge in [-0.2, -0.15) is 13.2 Å². The van der Waals surface area contributed by atoms with Crippen molar-refractivity contribution in [3.05, 3.63) is 88.8 Å². The Balaban J connectivity index is 1.97. The number of benzene rings is 3. The van der Waals surface area contributed by atoms with Gasteiger partial charge in [0.15, 0.2) is 0 Å². The van der Waals surface area contributed by atoms with Crippen LogP contribution in [0.4, 0.5) is 13.2 Å². The van der Waals surface area contributed by atoms with Crippen molar-refractivity contribution < 1.29 is 22.6 Å². The van der Waals surface area contributed by atoms with Crippen LogP contribution in [-0.4, -0.2) is 18.8 Å². The summed E-state index contributed by atoms with van der Waals surface area (Å²) in [5, 5.41) is 1.02. The van der Waals surface area contributed by atoms with E-state index in [1.54, 1.807) is 55.8 Å². The second-order valence-electron chi connectivity index (χ2n) is 6.90. The highest BCUT2D eigenvalue weighted by Gasteiger charge is 2.30. The number of nitrogens with zero attached hydrogens (tertiary/aromatic N) is 1. The lowest BCUT2D eigenvalue weighted by Gasteiger charge is -2.15. The highest BCUT2D eigenvalue weighted by molar-refractivity contribution is 5.97. The minimum absolute atomic E-state index is 0.251. The summed E-state index contributed by atoms with van der Waals surface area (Å²) in [5.41, 5.74) is 0.781. The Kier molecular flexibility index (Phi) is 5.19. The molecule has 7 heteroatoms. The minimum Gasteiger partial charge on any atom is -0.497 e. The van der Waals surface area contributed by atoms with E-state index < -0.39 is 11.7 Å². The Morgan fingerprint density at radius 3 is 1.97 bits per heavy atom. The fourth-order valence-electron chi connectivity index (χ4n) is 3.45. The molecule has 0 amide bonds. The molecule has 0 radical (unpaired) electrons. The number of pyridine rings is 1. The number of rotatable bonds is 4. The van der Waals surface area contributed by atoms with Crippen molar-refractivity contribution in [2.45, 2.75) is 6.18 Å². The summed E-state index contributed by atoms with van der Waals surface area (Å²) in [6, 6.07) is 16.9. The molecule has 0 unspecified atom stereocenters. The van der Waals surface area contributed by atoms with E-state index in [1.807, 2.05) is 0 Å². The van der Waals surface area contributed by atoms with Crippen LogP contribution >= 0.6 is 0 Å². The van der Waals surface area contributed by atoms with Gasteiger partial charge in [-0.25, -0.2) is 0 Å². The predicted molar refractivity (Wildman–Crippen MR) is 113 cm³/mol. The molecule has 3 aromatic carbocycles. The smallest absolute Gasteiger partial charge is 0.416 e. The van der Waals surface area contributed by atoms with E-state index >= 15 is 0 Å². The zero-order valence-corrected chi connectivity index (χ0v) is 16.7. The van der Waals surface area contributed by atoms with Crippen LogP contribution in [0.5, 0.6) is 11.5 Å². The fraction of sp³-hybridized carbons (Fsp3) is 0.125. The summed E-state index contributed by atoms with van der Waals surface area (Å²) in [6.07, 6.45) is -2.79. The first-order valence-electron chi connectivity index (χ1n) is 9.37. The monoisotopic (exact) mass is 425 g/mol. The van der Waals surface area contributed by atoms with Crippen molar-refractivity contribution in [2.75, 3.05) is 14.2 Å². The molecule has 0 spiro atoms. The third kappa shape index (κ3) is 3.86. The number of methoxy groups -OCH3 is 2. The molecule has 0 fully saturated rings. The lowest BCUT2D eigenvalue weighted by molar-refractivity contribution is -0.137. The van der Waals surface area contributed by atoms with Gasteiger partial charge in [0.2, 0.25) is 0 Å². The first-order chi connectivity index (χ1) is 14.8. The molecule has 4 aromatic rings. The molecular weight excluding hydrogens is 407 g/mol. The molecule has 0 bridgehead atoms. The summed E-state index contributed by atoms with van der Waals surface area (Å²) in [6.45, 7) is 0. The van der Waals surface area contributed by atoms with E-state index in [0.29, 0.717) is 39.1 Å². The largest absolute Gasteiger partial charge is 0.497 e. The lowest BCUT2D eigenvalue weighted by Crippen LogP contribution is -2.18. The Bertz CT molecular complexity index is 1290. The summed E-state index contributed by atoms with van der Waals surface area (Å²) in [5.74, 6) is 1.19. The number of hydrogen-bond donors (Lipinski definition) is 0. The van der Waals surface area contributed by atoms with Gasteiger partial charge in [0.1, 0.15) is 11.5 Å². The highest BCUT2D eigenvalue weighted by atomic mass is 19.4. The fourth-order valence-corrected chi connectivity index (χ4v) is 3.45. The molecule has 0 atom stereocenters. The van der Waals surface area contributed by atoms with Crippen LogP contribution in [0.3, 0.4) is 0 Å². The van der Waals surface area contributed by atoms with Gasteiger partial charge in [-0.3, -0.25) is 9.36 Å². The second-order valence-corrected chi connectivity index (χ2v) is 6.90.